The summed E-state index contributed by atoms with van der Waals surface area (Å²) in [5.74, 6) is 3.50. The molecular weight excluding hydrogens is 172 g/mol. The van der Waals surface area contributed by atoms with Gasteiger partial charge in [0.25, 0.3) is 0 Å². The Morgan fingerprint density at radius 1 is 0.833 bits per heavy atom. The van der Waals surface area contributed by atoms with Gasteiger partial charge in [0, 0.05) is 6.04 Å². The summed E-state index contributed by atoms with van der Waals surface area (Å²) in [7, 11) is 0. The van der Waals surface area contributed by atoms with Crippen molar-refractivity contribution in [2.45, 2.75) is 51.0 Å². The molecule has 1 saturated carbocycles. The van der Waals surface area contributed by atoms with E-state index in [1.807, 2.05) is 0 Å². The van der Waals surface area contributed by atoms with Gasteiger partial charge in [0.15, 0.2) is 0 Å². The molecule has 5 N–H and O–H groups in total. The van der Waals surface area contributed by atoms with Crippen LogP contribution in [-0.2, 0) is 0 Å². The van der Waals surface area contributed by atoms with Crippen molar-refractivity contribution in [3.63, 3.8) is 0 Å². The molecule has 0 bridgehead atoms. The van der Waals surface area contributed by atoms with E-state index in [9.17, 15) is 0 Å². The standard InChI is InChI=1S/C8H17N.H3NO.H2S/c9-8-6-4-2-1-3-5-7-8;1-2;/h8H,1-7,9H2;2H,1H2;1H2. The highest BCUT2D eigenvalue weighted by Gasteiger charge is 2.04. The maximum absolute atomic E-state index is 6.50. The van der Waals surface area contributed by atoms with Crippen molar-refractivity contribution < 1.29 is 5.21 Å². The van der Waals surface area contributed by atoms with E-state index in [1.165, 1.54) is 44.9 Å². The summed E-state index contributed by atoms with van der Waals surface area (Å²) in [6, 6.07) is 0.519. The summed E-state index contributed by atoms with van der Waals surface area (Å²) in [5, 5.41) is 6.50. The largest absolute Gasteiger partial charge is 0.328 e. The second-order valence-corrected chi connectivity index (χ2v) is 3.11. The van der Waals surface area contributed by atoms with E-state index in [2.05, 4.69) is 5.90 Å². The van der Waals surface area contributed by atoms with Crippen LogP contribution in [-0.4, -0.2) is 11.2 Å². The molecule has 0 saturated heterocycles. The third kappa shape index (κ3) is 8.33. The normalized spacial score (nSPS) is 19.2. The molecule has 0 aromatic rings. The van der Waals surface area contributed by atoms with Crippen LogP contribution in [0.3, 0.4) is 0 Å². The Morgan fingerprint density at radius 3 is 1.58 bits per heavy atom. The van der Waals surface area contributed by atoms with Gasteiger partial charge in [-0.15, -0.1) is 0 Å². The minimum atomic E-state index is 0. The first-order valence-electron chi connectivity index (χ1n) is 4.41. The van der Waals surface area contributed by atoms with Gasteiger partial charge in [-0.3, -0.25) is 0 Å². The topological polar surface area (TPSA) is 72.3 Å². The van der Waals surface area contributed by atoms with Crippen LogP contribution in [0.15, 0.2) is 0 Å². The molecule has 1 fully saturated rings. The molecule has 1 aliphatic rings. The number of nitrogens with two attached hydrogens (primary N) is 2. The third-order valence-electron chi connectivity index (χ3n) is 2.15. The van der Waals surface area contributed by atoms with Crippen molar-refractivity contribution in [3.05, 3.63) is 0 Å². The number of hydrogen-bond acceptors (Lipinski definition) is 3. The average molecular weight is 194 g/mol. The first kappa shape index (κ1) is 14.7. The van der Waals surface area contributed by atoms with Gasteiger partial charge in [-0.2, -0.15) is 13.5 Å². The van der Waals surface area contributed by atoms with Gasteiger partial charge in [-0.25, -0.2) is 5.90 Å². The second kappa shape index (κ2) is 11.2. The van der Waals surface area contributed by atoms with Crippen LogP contribution in [0.4, 0.5) is 0 Å². The molecule has 1 aliphatic carbocycles. The Bertz CT molecular complexity index is 75.5. The predicted octanol–water partition coefficient (Wildman–Crippen LogP) is 1.51. The van der Waals surface area contributed by atoms with E-state index < -0.39 is 0 Å². The minimum absolute atomic E-state index is 0. The summed E-state index contributed by atoms with van der Waals surface area (Å²) in [6.07, 6.45) is 9.51. The molecule has 0 aromatic carbocycles. The Hall–Kier alpha value is 0.230. The molecule has 1 rings (SSSR count). The summed E-state index contributed by atoms with van der Waals surface area (Å²) in [6.45, 7) is 0. The highest BCUT2D eigenvalue weighted by molar-refractivity contribution is 7.59. The Labute approximate surface area is 81.9 Å². The van der Waals surface area contributed by atoms with E-state index in [1.54, 1.807) is 0 Å². The highest BCUT2D eigenvalue weighted by atomic mass is 32.1. The molecule has 0 spiro atoms. The van der Waals surface area contributed by atoms with Crippen molar-refractivity contribution in [3.8, 4) is 0 Å². The summed E-state index contributed by atoms with van der Waals surface area (Å²) < 4.78 is 0. The minimum Gasteiger partial charge on any atom is -0.328 e. The van der Waals surface area contributed by atoms with Crippen molar-refractivity contribution >= 4 is 13.5 Å². The maximum atomic E-state index is 6.50. The lowest BCUT2D eigenvalue weighted by Gasteiger charge is -2.13. The molecule has 0 heterocycles. The molecule has 0 atom stereocenters. The first-order chi connectivity index (χ1) is 5.39. The molecular formula is C8H22N2OS. The predicted molar refractivity (Wildman–Crippen MR) is 56.6 cm³/mol. The quantitative estimate of drug-likeness (QED) is 0.512. The second-order valence-electron chi connectivity index (χ2n) is 3.11. The summed E-state index contributed by atoms with van der Waals surface area (Å²) >= 11 is 0. The lowest BCUT2D eigenvalue weighted by atomic mass is 9.98. The third-order valence-corrected chi connectivity index (χ3v) is 2.15. The molecule has 76 valence electrons. The smallest absolute Gasteiger partial charge is 0.00388 e. The van der Waals surface area contributed by atoms with E-state index in [0.717, 1.165) is 0 Å². The zero-order chi connectivity index (χ0) is 8.53. The van der Waals surface area contributed by atoms with E-state index in [0.29, 0.717) is 6.04 Å². The fraction of sp³-hybridized carbons (Fsp3) is 1.00. The van der Waals surface area contributed by atoms with Crippen LogP contribution in [0, 0.1) is 0 Å². The molecule has 0 radical (unpaired) electrons. The van der Waals surface area contributed by atoms with Gasteiger partial charge >= 0.3 is 0 Å². The van der Waals surface area contributed by atoms with Gasteiger partial charge in [-0.05, 0) is 12.8 Å². The van der Waals surface area contributed by atoms with Crippen molar-refractivity contribution in [2.75, 3.05) is 0 Å². The van der Waals surface area contributed by atoms with Gasteiger partial charge in [0.2, 0.25) is 0 Å². The zero-order valence-electron chi connectivity index (χ0n) is 7.63. The Morgan fingerprint density at radius 2 is 1.17 bits per heavy atom. The van der Waals surface area contributed by atoms with Gasteiger partial charge in [-0.1, -0.05) is 32.1 Å². The van der Waals surface area contributed by atoms with Crippen molar-refractivity contribution in [1.82, 2.24) is 0 Å². The van der Waals surface area contributed by atoms with Crippen LogP contribution in [0.1, 0.15) is 44.9 Å². The lowest BCUT2D eigenvalue weighted by Crippen LogP contribution is -2.20. The van der Waals surface area contributed by atoms with Crippen LogP contribution in [0.25, 0.3) is 0 Å². The van der Waals surface area contributed by atoms with Gasteiger partial charge in [0.1, 0.15) is 0 Å². The van der Waals surface area contributed by atoms with E-state index in [4.69, 9.17) is 10.9 Å². The maximum Gasteiger partial charge on any atom is 0.00388 e. The molecule has 0 unspecified atom stereocenters. The first-order valence-corrected chi connectivity index (χ1v) is 4.41. The SMILES string of the molecule is NC1CCCCCCC1.NO.S. The van der Waals surface area contributed by atoms with Crippen molar-refractivity contribution in [2.24, 2.45) is 11.6 Å². The van der Waals surface area contributed by atoms with Gasteiger partial charge < -0.3 is 10.9 Å². The van der Waals surface area contributed by atoms with Crippen LogP contribution in [0.5, 0.6) is 0 Å². The monoisotopic (exact) mass is 194 g/mol. The molecule has 3 nitrogen and oxygen atoms in total. The van der Waals surface area contributed by atoms with E-state index >= 15 is 0 Å². The van der Waals surface area contributed by atoms with Crippen LogP contribution < -0.4 is 11.6 Å². The zero-order valence-corrected chi connectivity index (χ0v) is 8.63. The Balaban J connectivity index is 0. The van der Waals surface area contributed by atoms with Crippen LogP contribution >= 0.6 is 13.5 Å². The fourth-order valence-corrected chi connectivity index (χ4v) is 1.49. The van der Waals surface area contributed by atoms with Gasteiger partial charge in [0.05, 0.1) is 0 Å². The average Bonchev–Trinajstić information content (AvgIpc) is 2.01. The molecule has 0 amide bonds. The molecule has 0 aromatic heterocycles. The van der Waals surface area contributed by atoms with Crippen LogP contribution in [0.2, 0.25) is 0 Å². The highest BCUT2D eigenvalue weighted by Crippen LogP contribution is 2.15. The molecule has 12 heavy (non-hydrogen) atoms. The summed E-state index contributed by atoms with van der Waals surface area (Å²) in [5.41, 5.74) is 5.80. The fourth-order valence-electron chi connectivity index (χ4n) is 1.49. The van der Waals surface area contributed by atoms with Crippen molar-refractivity contribution in [1.29, 1.82) is 0 Å². The molecule has 0 aliphatic heterocycles. The number of rotatable bonds is 0. The van der Waals surface area contributed by atoms with E-state index in [-0.39, 0.29) is 13.5 Å². The Kier molecular flexibility index (Phi) is 13.8. The molecule has 4 heteroatoms. The number of hydrogen-bond donors (Lipinski definition) is 3. The summed E-state index contributed by atoms with van der Waals surface area (Å²) in [4.78, 5) is 0. The lowest BCUT2D eigenvalue weighted by molar-refractivity contribution is 0.311.